The van der Waals surface area contributed by atoms with Crippen molar-refractivity contribution in [3.63, 3.8) is 0 Å². The molecule has 0 atom stereocenters. The summed E-state index contributed by atoms with van der Waals surface area (Å²) in [7, 11) is -3.56. The van der Waals surface area contributed by atoms with E-state index in [0.29, 0.717) is 16.3 Å². The van der Waals surface area contributed by atoms with Gasteiger partial charge in [0.25, 0.3) is 0 Å². The Morgan fingerprint density at radius 3 is 2.69 bits per heavy atom. The second-order valence-corrected chi connectivity index (χ2v) is 9.20. The van der Waals surface area contributed by atoms with Crippen LogP contribution in [0, 0.1) is 0 Å². The predicted octanol–water partition coefficient (Wildman–Crippen LogP) is 4.25. The van der Waals surface area contributed by atoms with Gasteiger partial charge in [0.2, 0.25) is 10.0 Å². The van der Waals surface area contributed by atoms with Crippen molar-refractivity contribution < 1.29 is 8.42 Å². The van der Waals surface area contributed by atoms with E-state index in [4.69, 9.17) is 11.6 Å². The van der Waals surface area contributed by atoms with E-state index in [9.17, 15) is 8.42 Å². The maximum atomic E-state index is 12.6. The highest BCUT2D eigenvalue weighted by molar-refractivity contribution is 7.99. The molecule has 134 valence electrons. The first-order chi connectivity index (χ1) is 12.5. The number of benzene rings is 2. The second kappa shape index (κ2) is 6.98. The Morgan fingerprint density at radius 1 is 1.15 bits per heavy atom. The summed E-state index contributed by atoms with van der Waals surface area (Å²) in [5, 5.41) is 1.55. The molecule has 8 heteroatoms. The van der Waals surface area contributed by atoms with Crippen LogP contribution < -0.4 is 4.72 Å². The van der Waals surface area contributed by atoms with E-state index < -0.39 is 10.0 Å². The lowest BCUT2D eigenvalue weighted by Gasteiger charge is -2.11. The van der Waals surface area contributed by atoms with Crippen LogP contribution in [0.3, 0.4) is 0 Å². The Labute approximate surface area is 161 Å². The molecule has 2 aromatic carbocycles. The zero-order valence-electron chi connectivity index (χ0n) is 13.7. The van der Waals surface area contributed by atoms with E-state index in [1.807, 2.05) is 24.4 Å². The van der Waals surface area contributed by atoms with Gasteiger partial charge < -0.3 is 4.57 Å². The highest BCUT2D eigenvalue weighted by Crippen LogP contribution is 2.33. The lowest BCUT2D eigenvalue weighted by Crippen LogP contribution is -2.15. The molecule has 0 unspecified atom stereocenters. The summed E-state index contributed by atoms with van der Waals surface area (Å²) in [5.41, 5.74) is 2.76. The van der Waals surface area contributed by atoms with E-state index in [1.54, 1.807) is 42.1 Å². The number of nitrogens with one attached hydrogen (secondary N) is 1. The number of halogens is 1. The van der Waals surface area contributed by atoms with Crippen LogP contribution in [-0.2, 0) is 22.3 Å². The van der Waals surface area contributed by atoms with Gasteiger partial charge in [0, 0.05) is 29.1 Å². The van der Waals surface area contributed by atoms with Crippen LogP contribution in [0.25, 0.3) is 11.3 Å². The van der Waals surface area contributed by atoms with Crippen LogP contribution in [0.2, 0.25) is 5.02 Å². The smallest absolute Gasteiger partial charge is 0.236 e. The van der Waals surface area contributed by atoms with Crippen LogP contribution in [0.4, 0.5) is 5.69 Å². The number of para-hydroxylation sites is 1. The summed E-state index contributed by atoms with van der Waals surface area (Å²) in [6, 6.07) is 14.1. The maximum Gasteiger partial charge on any atom is 0.236 e. The van der Waals surface area contributed by atoms with E-state index in [1.165, 1.54) is 0 Å². The molecule has 1 aliphatic heterocycles. The molecule has 0 saturated heterocycles. The molecule has 26 heavy (non-hydrogen) atoms. The van der Waals surface area contributed by atoms with Crippen LogP contribution in [0.15, 0.2) is 59.9 Å². The molecule has 1 aromatic heterocycles. The first kappa shape index (κ1) is 17.5. The molecule has 1 N–H and O–H groups in total. The van der Waals surface area contributed by atoms with Crippen LogP contribution in [-0.4, -0.2) is 23.7 Å². The SMILES string of the molecule is O=S(=O)(Cc1ccc(Cl)cc1)Nc1ccccc1-c1cn2c(n1)SCC2. The highest BCUT2D eigenvalue weighted by atomic mass is 35.5. The number of thioether (sulfide) groups is 1. The molecule has 0 radical (unpaired) electrons. The lowest BCUT2D eigenvalue weighted by molar-refractivity contribution is 0.600. The first-order valence-corrected chi connectivity index (χ1v) is 11.1. The molecule has 2 heterocycles. The van der Waals surface area contributed by atoms with Gasteiger partial charge in [-0.2, -0.15) is 0 Å². The normalized spacial score (nSPS) is 13.6. The molecular formula is C18H16ClN3O2S2. The van der Waals surface area contributed by atoms with E-state index in [0.717, 1.165) is 28.7 Å². The number of hydrogen-bond acceptors (Lipinski definition) is 4. The Kier molecular flexibility index (Phi) is 4.69. The minimum atomic E-state index is -3.56. The van der Waals surface area contributed by atoms with Gasteiger partial charge >= 0.3 is 0 Å². The van der Waals surface area contributed by atoms with E-state index in [-0.39, 0.29) is 5.75 Å². The molecule has 0 bridgehead atoms. The maximum absolute atomic E-state index is 12.6. The predicted molar refractivity (Wildman–Crippen MR) is 106 cm³/mol. The quantitative estimate of drug-likeness (QED) is 0.689. The Bertz CT molecular complexity index is 1030. The molecule has 0 fully saturated rings. The van der Waals surface area contributed by atoms with Gasteiger partial charge in [-0.15, -0.1) is 0 Å². The van der Waals surface area contributed by atoms with Gasteiger partial charge in [-0.25, -0.2) is 13.4 Å². The molecule has 4 rings (SSSR count). The van der Waals surface area contributed by atoms with Crippen molar-refractivity contribution in [2.75, 3.05) is 10.5 Å². The summed E-state index contributed by atoms with van der Waals surface area (Å²) in [5.74, 6) is 0.909. The third-order valence-electron chi connectivity index (χ3n) is 4.04. The van der Waals surface area contributed by atoms with Crippen molar-refractivity contribution >= 4 is 39.1 Å². The van der Waals surface area contributed by atoms with Gasteiger partial charge in [-0.1, -0.05) is 53.7 Å². The average molecular weight is 406 g/mol. The third-order valence-corrected chi connectivity index (χ3v) is 6.51. The molecule has 0 spiro atoms. The van der Waals surface area contributed by atoms with Crippen molar-refractivity contribution in [3.8, 4) is 11.3 Å². The topological polar surface area (TPSA) is 64.0 Å². The van der Waals surface area contributed by atoms with Crippen molar-refractivity contribution in [1.29, 1.82) is 0 Å². The number of nitrogens with zero attached hydrogens (tertiary/aromatic N) is 2. The van der Waals surface area contributed by atoms with Crippen LogP contribution in [0.1, 0.15) is 5.56 Å². The fourth-order valence-electron chi connectivity index (χ4n) is 2.84. The molecule has 0 amide bonds. The zero-order valence-corrected chi connectivity index (χ0v) is 16.1. The molecule has 0 saturated carbocycles. The van der Waals surface area contributed by atoms with Crippen molar-refractivity contribution in [2.45, 2.75) is 17.5 Å². The van der Waals surface area contributed by atoms with Gasteiger partial charge in [0.1, 0.15) is 0 Å². The fraction of sp³-hybridized carbons (Fsp3) is 0.167. The molecule has 5 nitrogen and oxygen atoms in total. The summed E-state index contributed by atoms with van der Waals surface area (Å²) in [6.07, 6.45) is 1.97. The average Bonchev–Trinajstić information content (AvgIpc) is 3.18. The number of anilines is 1. The number of rotatable bonds is 5. The molecule has 3 aromatic rings. The van der Waals surface area contributed by atoms with Crippen molar-refractivity contribution in [1.82, 2.24) is 9.55 Å². The number of sulfonamides is 1. The Balaban J connectivity index is 1.60. The van der Waals surface area contributed by atoms with Crippen molar-refractivity contribution in [3.05, 3.63) is 65.3 Å². The highest BCUT2D eigenvalue weighted by Gasteiger charge is 2.19. The van der Waals surface area contributed by atoms with Gasteiger partial charge in [-0.3, -0.25) is 4.72 Å². The summed E-state index contributed by atoms with van der Waals surface area (Å²) < 4.78 is 30.0. The van der Waals surface area contributed by atoms with Gasteiger partial charge in [0.05, 0.1) is 17.1 Å². The monoisotopic (exact) mass is 405 g/mol. The number of hydrogen-bond donors (Lipinski definition) is 1. The van der Waals surface area contributed by atoms with E-state index >= 15 is 0 Å². The molecule has 0 aliphatic carbocycles. The van der Waals surface area contributed by atoms with Gasteiger partial charge in [0.15, 0.2) is 5.16 Å². The number of fused-ring (bicyclic) bond motifs is 1. The number of aryl methyl sites for hydroxylation is 1. The first-order valence-electron chi connectivity index (χ1n) is 8.04. The Hall–Kier alpha value is -1.96. The van der Waals surface area contributed by atoms with Crippen LogP contribution in [0.5, 0.6) is 0 Å². The second-order valence-electron chi connectivity index (χ2n) is 5.98. The summed E-state index contributed by atoms with van der Waals surface area (Å²) in [4.78, 5) is 4.62. The standard InChI is InChI=1S/C18H16ClN3O2S2/c19-14-7-5-13(6-8-14)12-26(23,24)21-16-4-2-1-3-15(16)17-11-22-9-10-25-18(22)20-17/h1-8,11,21H,9-10,12H2. The number of imidazole rings is 1. The van der Waals surface area contributed by atoms with Crippen molar-refractivity contribution in [2.24, 2.45) is 0 Å². The molecule has 1 aliphatic rings. The lowest BCUT2D eigenvalue weighted by atomic mass is 10.1. The van der Waals surface area contributed by atoms with E-state index in [2.05, 4.69) is 14.3 Å². The minimum Gasteiger partial charge on any atom is -0.325 e. The zero-order chi connectivity index (χ0) is 18.1. The largest absolute Gasteiger partial charge is 0.325 e. The minimum absolute atomic E-state index is 0.117. The third kappa shape index (κ3) is 3.75. The van der Waals surface area contributed by atoms with Crippen LogP contribution >= 0.6 is 23.4 Å². The summed E-state index contributed by atoms with van der Waals surface area (Å²) in [6.45, 7) is 0.928. The fourth-order valence-corrected chi connectivity index (χ4v) is 5.12. The van der Waals surface area contributed by atoms with Gasteiger partial charge in [-0.05, 0) is 23.8 Å². The number of aromatic nitrogens is 2. The summed E-state index contributed by atoms with van der Waals surface area (Å²) >= 11 is 7.56. The Morgan fingerprint density at radius 2 is 1.92 bits per heavy atom. The molecular weight excluding hydrogens is 390 g/mol.